The lowest BCUT2D eigenvalue weighted by molar-refractivity contribution is 0.0962. The number of nitrogens with one attached hydrogen (secondary N) is 1. The van der Waals surface area contributed by atoms with Crippen molar-refractivity contribution in [3.8, 4) is 5.75 Å². The van der Waals surface area contributed by atoms with Crippen LogP contribution in [-0.2, 0) is 0 Å². The number of Topliss-reactive ketones (excluding diaryl/α,β-unsaturated/α-hetero) is 1. The number of carbonyl (C=O) groups is 1. The molecule has 1 aliphatic rings. The van der Waals surface area contributed by atoms with Gasteiger partial charge in [-0.2, -0.15) is 0 Å². The van der Waals surface area contributed by atoms with Gasteiger partial charge >= 0.3 is 0 Å². The second kappa shape index (κ2) is 7.53. The minimum Gasteiger partial charge on any atom is -0.492 e. The highest BCUT2D eigenvalue weighted by Crippen LogP contribution is 2.27. The Hall–Kier alpha value is -1.98. The molecular formula is C18H23N3O2. The van der Waals surface area contributed by atoms with Gasteiger partial charge in [-0.3, -0.25) is 9.78 Å². The largest absolute Gasteiger partial charge is 0.492 e. The molecule has 122 valence electrons. The van der Waals surface area contributed by atoms with Crippen molar-refractivity contribution < 1.29 is 9.53 Å². The van der Waals surface area contributed by atoms with Crippen LogP contribution < -0.4 is 10.1 Å². The Morgan fingerprint density at radius 3 is 2.91 bits per heavy atom. The predicted octanol–water partition coefficient (Wildman–Crippen LogP) is 2.11. The maximum Gasteiger partial charge on any atom is 0.164 e. The SMILES string of the molecule is CCOc1ccc(C(=O)CCN2CCNCC2)c2cccnc12. The minimum atomic E-state index is 0.171. The lowest BCUT2D eigenvalue weighted by Gasteiger charge is -2.26. The summed E-state index contributed by atoms with van der Waals surface area (Å²) in [5.74, 6) is 0.909. The Bertz CT molecular complexity index is 681. The molecule has 0 unspecified atom stereocenters. The Balaban J connectivity index is 1.78. The van der Waals surface area contributed by atoms with Crippen LogP contribution in [0.1, 0.15) is 23.7 Å². The first kappa shape index (κ1) is 15.9. The van der Waals surface area contributed by atoms with E-state index in [0.29, 0.717) is 13.0 Å². The van der Waals surface area contributed by atoms with E-state index in [4.69, 9.17) is 4.74 Å². The molecule has 3 rings (SSSR count). The third kappa shape index (κ3) is 3.68. The first-order valence-electron chi connectivity index (χ1n) is 8.26. The quantitative estimate of drug-likeness (QED) is 0.828. The van der Waals surface area contributed by atoms with Gasteiger partial charge in [-0.25, -0.2) is 0 Å². The highest BCUT2D eigenvalue weighted by Gasteiger charge is 2.16. The molecule has 1 aromatic carbocycles. The zero-order valence-corrected chi connectivity index (χ0v) is 13.5. The van der Waals surface area contributed by atoms with Crippen LogP contribution in [-0.4, -0.2) is 55.0 Å². The van der Waals surface area contributed by atoms with Crippen LogP contribution in [0.3, 0.4) is 0 Å². The standard InChI is InChI=1S/C18H23N3O2/c1-2-23-17-6-5-14(15-4-3-8-20-18(15)17)16(22)7-11-21-12-9-19-10-13-21/h3-6,8,19H,2,7,9-13H2,1H3. The van der Waals surface area contributed by atoms with Gasteiger partial charge in [0.1, 0.15) is 11.3 Å². The van der Waals surface area contributed by atoms with Crippen LogP contribution in [0, 0.1) is 0 Å². The molecule has 0 aliphatic carbocycles. The molecule has 0 bridgehead atoms. The third-order valence-corrected chi connectivity index (χ3v) is 4.20. The summed E-state index contributed by atoms with van der Waals surface area (Å²) in [6, 6.07) is 7.54. The molecule has 5 nitrogen and oxygen atoms in total. The molecule has 1 fully saturated rings. The number of fused-ring (bicyclic) bond motifs is 1. The van der Waals surface area contributed by atoms with E-state index in [2.05, 4.69) is 15.2 Å². The van der Waals surface area contributed by atoms with Gasteiger partial charge in [0.15, 0.2) is 5.78 Å². The summed E-state index contributed by atoms with van der Waals surface area (Å²) >= 11 is 0. The molecule has 0 amide bonds. The molecule has 2 heterocycles. The predicted molar refractivity (Wildman–Crippen MR) is 91.2 cm³/mol. The monoisotopic (exact) mass is 313 g/mol. The first-order valence-corrected chi connectivity index (χ1v) is 8.26. The van der Waals surface area contributed by atoms with Gasteiger partial charge in [0, 0.05) is 56.3 Å². The fourth-order valence-electron chi connectivity index (χ4n) is 2.99. The van der Waals surface area contributed by atoms with E-state index < -0.39 is 0 Å². The number of rotatable bonds is 6. The number of ketones is 1. The van der Waals surface area contributed by atoms with Crippen molar-refractivity contribution in [3.05, 3.63) is 36.0 Å². The van der Waals surface area contributed by atoms with Crippen molar-refractivity contribution in [2.75, 3.05) is 39.3 Å². The number of nitrogens with zero attached hydrogens (tertiary/aromatic N) is 2. The lowest BCUT2D eigenvalue weighted by atomic mass is 10.0. The molecule has 0 radical (unpaired) electrons. The van der Waals surface area contributed by atoms with Gasteiger partial charge in [-0.05, 0) is 25.1 Å². The summed E-state index contributed by atoms with van der Waals surface area (Å²) in [6.07, 6.45) is 2.28. The summed E-state index contributed by atoms with van der Waals surface area (Å²) in [4.78, 5) is 19.4. The zero-order chi connectivity index (χ0) is 16.1. The van der Waals surface area contributed by atoms with E-state index in [1.807, 2.05) is 31.2 Å². The fraction of sp³-hybridized carbons (Fsp3) is 0.444. The normalized spacial score (nSPS) is 15.7. The number of carbonyl (C=O) groups excluding carboxylic acids is 1. The Morgan fingerprint density at radius 1 is 1.30 bits per heavy atom. The maximum atomic E-state index is 12.7. The number of piperazine rings is 1. The van der Waals surface area contributed by atoms with Gasteiger partial charge in [0.25, 0.3) is 0 Å². The highest BCUT2D eigenvalue weighted by atomic mass is 16.5. The average molecular weight is 313 g/mol. The fourth-order valence-corrected chi connectivity index (χ4v) is 2.99. The molecule has 1 saturated heterocycles. The number of aromatic nitrogens is 1. The smallest absolute Gasteiger partial charge is 0.164 e. The highest BCUT2D eigenvalue weighted by molar-refractivity contribution is 6.08. The van der Waals surface area contributed by atoms with E-state index >= 15 is 0 Å². The summed E-state index contributed by atoms with van der Waals surface area (Å²) in [5.41, 5.74) is 1.51. The second-order valence-electron chi connectivity index (χ2n) is 5.71. The Kier molecular flexibility index (Phi) is 5.20. The molecule has 23 heavy (non-hydrogen) atoms. The third-order valence-electron chi connectivity index (χ3n) is 4.20. The minimum absolute atomic E-state index is 0.171. The number of benzene rings is 1. The first-order chi connectivity index (χ1) is 11.3. The Morgan fingerprint density at radius 2 is 2.13 bits per heavy atom. The van der Waals surface area contributed by atoms with Crippen molar-refractivity contribution in [2.24, 2.45) is 0 Å². The van der Waals surface area contributed by atoms with Gasteiger partial charge in [-0.15, -0.1) is 0 Å². The Labute approximate surface area is 136 Å². The molecule has 1 aliphatic heterocycles. The van der Waals surface area contributed by atoms with Crippen molar-refractivity contribution in [2.45, 2.75) is 13.3 Å². The topological polar surface area (TPSA) is 54.5 Å². The molecule has 1 N–H and O–H groups in total. The van der Waals surface area contributed by atoms with E-state index in [-0.39, 0.29) is 5.78 Å². The van der Waals surface area contributed by atoms with Crippen molar-refractivity contribution in [1.82, 2.24) is 15.2 Å². The van der Waals surface area contributed by atoms with Gasteiger partial charge in [-0.1, -0.05) is 6.07 Å². The van der Waals surface area contributed by atoms with Crippen LogP contribution in [0.5, 0.6) is 5.75 Å². The molecular weight excluding hydrogens is 290 g/mol. The molecule has 0 saturated carbocycles. The number of ether oxygens (including phenoxy) is 1. The summed E-state index contributed by atoms with van der Waals surface area (Å²) in [5, 5.41) is 4.21. The molecule has 0 atom stereocenters. The van der Waals surface area contributed by atoms with Crippen LogP contribution in [0.25, 0.3) is 10.9 Å². The average Bonchev–Trinajstić information content (AvgIpc) is 2.61. The molecule has 0 spiro atoms. The zero-order valence-electron chi connectivity index (χ0n) is 13.5. The van der Waals surface area contributed by atoms with E-state index in [1.54, 1.807) is 6.20 Å². The van der Waals surface area contributed by atoms with Gasteiger partial charge < -0.3 is 15.0 Å². The molecule has 1 aromatic heterocycles. The lowest BCUT2D eigenvalue weighted by Crippen LogP contribution is -2.44. The molecule has 2 aromatic rings. The number of hydrogen-bond donors (Lipinski definition) is 1. The van der Waals surface area contributed by atoms with Gasteiger partial charge in [0.05, 0.1) is 6.61 Å². The summed E-state index contributed by atoms with van der Waals surface area (Å²) in [6.45, 7) is 7.38. The van der Waals surface area contributed by atoms with Crippen molar-refractivity contribution >= 4 is 16.7 Å². The van der Waals surface area contributed by atoms with Crippen LogP contribution >= 0.6 is 0 Å². The van der Waals surface area contributed by atoms with E-state index in [9.17, 15) is 4.79 Å². The van der Waals surface area contributed by atoms with Crippen molar-refractivity contribution in [3.63, 3.8) is 0 Å². The maximum absolute atomic E-state index is 12.7. The van der Waals surface area contributed by atoms with Gasteiger partial charge in [0.2, 0.25) is 0 Å². The summed E-state index contributed by atoms with van der Waals surface area (Å²) < 4.78 is 5.62. The molecule has 5 heteroatoms. The number of pyridine rings is 1. The second-order valence-corrected chi connectivity index (χ2v) is 5.71. The van der Waals surface area contributed by atoms with Crippen LogP contribution in [0.4, 0.5) is 0 Å². The van der Waals surface area contributed by atoms with Crippen LogP contribution in [0.15, 0.2) is 30.5 Å². The van der Waals surface area contributed by atoms with E-state index in [1.165, 1.54) is 0 Å². The number of hydrogen-bond acceptors (Lipinski definition) is 5. The van der Waals surface area contributed by atoms with Crippen LogP contribution in [0.2, 0.25) is 0 Å². The summed E-state index contributed by atoms with van der Waals surface area (Å²) in [7, 11) is 0. The van der Waals surface area contributed by atoms with Crippen molar-refractivity contribution in [1.29, 1.82) is 0 Å². The van der Waals surface area contributed by atoms with E-state index in [0.717, 1.165) is 54.9 Å².